The van der Waals surface area contributed by atoms with Crippen molar-refractivity contribution in [2.45, 2.75) is 83.8 Å². The van der Waals surface area contributed by atoms with E-state index in [9.17, 15) is 0 Å². The second kappa shape index (κ2) is 8.68. The van der Waals surface area contributed by atoms with Crippen molar-refractivity contribution in [1.29, 1.82) is 0 Å². The maximum Gasteiger partial charge on any atom is 0.275 e. The number of likely N-dealkylation sites (tertiary alicyclic amines) is 2. The second-order valence-electron chi connectivity index (χ2n) is 11.6. The van der Waals surface area contributed by atoms with Crippen LogP contribution < -0.4 is 0 Å². The molecule has 0 aromatic rings. The van der Waals surface area contributed by atoms with Crippen molar-refractivity contribution in [3.05, 3.63) is 0 Å². The minimum atomic E-state index is -2.60. The molecule has 0 spiro atoms. The highest BCUT2D eigenvalue weighted by atomic mass is 19.3. The maximum absolute atomic E-state index is 15.1. The summed E-state index contributed by atoms with van der Waals surface area (Å²) in [5.74, 6) is -2.04. The zero-order valence-electron chi connectivity index (χ0n) is 19.7. The van der Waals surface area contributed by atoms with E-state index in [0.717, 1.165) is 65.2 Å². The van der Waals surface area contributed by atoms with Crippen molar-refractivity contribution in [2.24, 2.45) is 5.92 Å². The summed E-state index contributed by atoms with van der Waals surface area (Å²) in [4.78, 5) is 9.07. The Morgan fingerprint density at radius 3 is 1.72 bits per heavy atom. The van der Waals surface area contributed by atoms with Crippen LogP contribution in [0.25, 0.3) is 0 Å². The summed E-state index contributed by atoms with van der Waals surface area (Å²) in [5, 5.41) is 0. The van der Waals surface area contributed by atoms with Crippen molar-refractivity contribution in [3.63, 3.8) is 0 Å². The van der Waals surface area contributed by atoms with Gasteiger partial charge in [0, 0.05) is 50.3 Å². The summed E-state index contributed by atoms with van der Waals surface area (Å²) in [5.41, 5.74) is 0.341. The quantitative estimate of drug-likeness (QED) is 0.699. The number of halogens is 2. The molecule has 4 nitrogen and oxygen atoms in total. The fourth-order valence-corrected chi connectivity index (χ4v) is 5.46. The number of hydrogen-bond donors (Lipinski definition) is 0. The summed E-state index contributed by atoms with van der Waals surface area (Å²) < 4.78 is 30.2. The molecule has 0 aromatic heterocycles. The summed E-state index contributed by atoms with van der Waals surface area (Å²) >= 11 is 0. The average Bonchev–Trinajstić information content (AvgIpc) is 2.60. The Kier molecular flexibility index (Phi) is 6.99. The molecule has 3 rings (SSSR count). The third kappa shape index (κ3) is 5.90. The van der Waals surface area contributed by atoms with Gasteiger partial charge in [-0.25, -0.2) is 8.78 Å². The summed E-state index contributed by atoms with van der Waals surface area (Å²) in [7, 11) is 0. The van der Waals surface area contributed by atoms with Crippen LogP contribution >= 0.6 is 0 Å². The minimum Gasteiger partial charge on any atom is -0.298 e. The maximum atomic E-state index is 15.1. The van der Waals surface area contributed by atoms with Crippen LogP contribution in [0.15, 0.2) is 0 Å². The Morgan fingerprint density at radius 1 is 0.724 bits per heavy atom. The Labute approximate surface area is 177 Å². The molecule has 0 aliphatic carbocycles. The minimum absolute atomic E-state index is 0.0589. The predicted molar refractivity (Wildman–Crippen MR) is 117 cm³/mol. The van der Waals surface area contributed by atoms with Crippen molar-refractivity contribution in [1.82, 2.24) is 19.6 Å². The van der Waals surface area contributed by atoms with Crippen molar-refractivity contribution in [2.75, 3.05) is 58.9 Å². The monoisotopic (exact) mass is 414 g/mol. The lowest BCUT2D eigenvalue weighted by Crippen LogP contribution is -2.63. The van der Waals surface area contributed by atoms with Crippen molar-refractivity contribution >= 4 is 0 Å². The van der Waals surface area contributed by atoms with Crippen LogP contribution in [0.5, 0.6) is 0 Å². The van der Waals surface area contributed by atoms with E-state index in [1.807, 2.05) is 0 Å². The molecule has 3 aliphatic rings. The fourth-order valence-electron chi connectivity index (χ4n) is 5.46. The molecular formula is C23H44F2N4. The molecule has 3 heterocycles. The molecule has 0 radical (unpaired) electrons. The Balaban J connectivity index is 1.47. The first-order chi connectivity index (χ1) is 13.4. The average molecular weight is 415 g/mol. The third-order valence-electron chi connectivity index (χ3n) is 7.42. The zero-order valence-corrected chi connectivity index (χ0v) is 19.7. The first-order valence-corrected chi connectivity index (χ1v) is 11.7. The molecule has 3 aliphatic heterocycles. The number of nitrogens with zero attached hydrogens (tertiary/aromatic N) is 4. The smallest absolute Gasteiger partial charge is 0.275 e. The van der Waals surface area contributed by atoms with Crippen LogP contribution in [-0.2, 0) is 0 Å². The molecule has 3 saturated heterocycles. The highest BCUT2D eigenvalue weighted by molar-refractivity contribution is 4.96. The largest absolute Gasteiger partial charge is 0.298 e. The molecule has 1 unspecified atom stereocenters. The third-order valence-corrected chi connectivity index (χ3v) is 7.42. The van der Waals surface area contributed by atoms with Gasteiger partial charge in [0.15, 0.2) is 0 Å². The van der Waals surface area contributed by atoms with Crippen LogP contribution in [0.2, 0.25) is 0 Å². The lowest BCUT2D eigenvalue weighted by atomic mass is 9.91. The lowest BCUT2D eigenvalue weighted by molar-refractivity contribution is -0.138. The van der Waals surface area contributed by atoms with E-state index in [1.165, 1.54) is 0 Å². The van der Waals surface area contributed by atoms with Crippen molar-refractivity contribution in [3.8, 4) is 0 Å². The molecule has 0 bridgehead atoms. The predicted octanol–water partition coefficient (Wildman–Crippen LogP) is 3.62. The second-order valence-corrected chi connectivity index (χ2v) is 11.6. The van der Waals surface area contributed by atoms with Crippen LogP contribution in [0.1, 0.15) is 60.8 Å². The van der Waals surface area contributed by atoms with Gasteiger partial charge in [-0.15, -0.1) is 0 Å². The molecule has 29 heavy (non-hydrogen) atoms. The molecular weight excluding hydrogens is 370 g/mol. The molecule has 3 fully saturated rings. The number of alkyl halides is 2. The first kappa shape index (κ1) is 23.4. The van der Waals surface area contributed by atoms with Gasteiger partial charge in [0.05, 0.1) is 12.6 Å². The van der Waals surface area contributed by atoms with Gasteiger partial charge in [0.2, 0.25) is 0 Å². The molecule has 0 aromatic carbocycles. The zero-order chi connectivity index (χ0) is 21.4. The van der Waals surface area contributed by atoms with Gasteiger partial charge in [0.25, 0.3) is 5.92 Å². The Hall–Kier alpha value is -0.300. The van der Waals surface area contributed by atoms with Crippen LogP contribution in [0.3, 0.4) is 0 Å². The SMILES string of the molecule is CC(C)(C)N1CCC(CN2CCC(N3CCN(C(C)(C)C)CC3)C(F)(F)C2)CC1. The van der Waals surface area contributed by atoms with Gasteiger partial charge in [-0.1, -0.05) is 0 Å². The molecule has 1 atom stereocenters. The summed E-state index contributed by atoms with van der Waals surface area (Å²) in [6, 6.07) is -0.580. The molecule has 0 amide bonds. The number of hydrogen-bond acceptors (Lipinski definition) is 4. The highest BCUT2D eigenvalue weighted by Gasteiger charge is 2.48. The summed E-state index contributed by atoms with van der Waals surface area (Å²) in [6.45, 7) is 20.5. The molecule has 0 N–H and O–H groups in total. The topological polar surface area (TPSA) is 13.0 Å². The van der Waals surface area contributed by atoms with Crippen LogP contribution in [0, 0.1) is 5.92 Å². The number of rotatable bonds is 3. The van der Waals surface area contributed by atoms with Crippen molar-refractivity contribution < 1.29 is 8.78 Å². The van der Waals surface area contributed by atoms with Gasteiger partial charge in [-0.2, -0.15) is 0 Å². The van der Waals surface area contributed by atoms with E-state index >= 15 is 8.78 Å². The van der Waals surface area contributed by atoms with E-state index in [0.29, 0.717) is 12.3 Å². The first-order valence-electron chi connectivity index (χ1n) is 11.7. The number of piperidine rings is 2. The molecule has 6 heteroatoms. The number of piperazine rings is 1. The van der Waals surface area contributed by atoms with Crippen LogP contribution in [0.4, 0.5) is 8.78 Å². The highest BCUT2D eigenvalue weighted by Crippen LogP contribution is 2.34. The Morgan fingerprint density at radius 2 is 1.24 bits per heavy atom. The standard InChI is InChI=1S/C23H44F2N4/c1-21(2,3)28-11-7-19(8-12-28)17-26-10-9-20(23(24,25)18-26)27-13-15-29(16-14-27)22(4,5)6/h19-20H,7-18H2,1-6H3. The Bertz CT molecular complexity index is 524. The van der Waals surface area contributed by atoms with Crippen LogP contribution in [-0.4, -0.2) is 102 Å². The van der Waals surface area contributed by atoms with Gasteiger partial charge >= 0.3 is 0 Å². The van der Waals surface area contributed by atoms with Gasteiger partial charge in [-0.3, -0.25) is 19.6 Å². The fraction of sp³-hybridized carbons (Fsp3) is 1.00. The van der Waals surface area contributed by atoms with E-state index in [2.05, 4.69) is 61.1 Å². The van der Waals surface area contributed by atoms with E-state index in [1.54, 1.807) is 0 Å². The molecule has 170 valence electrons. The van der Waals surface area contributed by atoms with E-state index in [-0.39, 0.29) is 17.6 Å². The normalized spacial score (nSPS) is 30.0. The molecule has 0 saturated carbocycles. The van der Waals surface area contributed by atoms with E-state index < -0.39 is 12.0 Å². The van der Waals surface area contributed by atoms with Gasteiger partial charge < -0.3 is 0 Å². The van der Waals surface area contributed by atoms with E-state index in [4.69, 9.17) is 0 Å². The summed E-state index contributed by atoms with van der Waals surface area (Å²) in [6.07, 6.45) is 2.87. The van der Waals surface area contributed by atoms with Gasteiger partial charge in [-0.05, 0) is 79.8 Å². The van der Waals surface area contributed by atoms with Gasteiger partial charge in [0.1, 0.15) is 0 Å². The lowest BCUT2D eigenvalue weighted by Gasteiger charge is -2.49.